The molecule has 0 aromatic heterocycles. The molecule has 4 amide bonds. The second-order valence-electron chi connectivity index (χ2n) is 8.59. The van der Waals surface area contributed by atoms with Crippen molar-refractivity contribution in [3.8, 4) is 0 Å². The number of carbonyl (C=O) groups is 4. The Morgan fingerprint density at radius 3 is 2.52 bits per heavy atom. The van der Waals surface area contributed by atoms with Crippen LogP contribution in [0.15, 0.2) is 35.9 Å². The van der Waals surface area contributed by atoms with E-state index >= 15 is 0 Å². The van der Waals surface area contributed by atoms with Gasteiger partial charge in [-0.2, -0.15) is 0 Å². The average molecular weight is 477 g/mol. The molecule has 2 N–H and O–H groups in total. The van der Waals surface area contributed by atoms with Gasteiger partial charge in [0.05, 0.1) is 12.6 Å². The van der Waals surface area contributed by atoms with Gasteiger partial charge in [-0.1, -0.05) is 43.7 Å². The van der Waals surface area contributed by atoms with Crippen molar-refractivity contribution in [3.05, 3.63) is 46.5 Å². The molecule has 1 saturated heterocycles. The van der Waals surface area contributed by atoms with Crippen LogP contribution in [-0.4, -0.2) is 66.2 Å². The molecule has 1 heterocycles. The van der Waals surface area contributed by atoms with E-state index in [2.05, 4.69) is 10.6 Å². The summed E-state index contributed by atoms with van der Waals surface area (Å²) in [7, 11) is 1.65. The topological polar surface area (TPSA) is 98.8 Å². The predicted molar refractivity (Wildman–Crippen MR) is 127 cm³/mol. The van der Waals surface area contributed by atoms with E-state index in [1.54, 1.807) is 37.1 Å². The van der Waals surface area contributed by atoms with Crippen molar-refractivity contribution in [2.24, 2.45) is 5.92 Å². The Morgan fingerprint density at radius 2 is 1.91 bits per heavy atom. The maximum atomic E-state index is 13.2. The zero-order valence-electron chi connectivity index (χ0n) is 19.6. The minimum absolute atomic E-state index is 0.0509. The fourth-order valence-corrected chi connectivity index (χ4v) is 4.04. The molecule has 1 fully saturated rings. The van der Waals surface area contributed by atoms with Crippen LogP contribution < -0.4 is 10.6 Å². The Kier molecular flexibility index (Phi) is 9.91. The van der Waals surface area contributed by atoms with Crippen molar-refractivity contribution in [2.75, 3.05) is 20.1 Å². The van der Waals surface area contributed by atoms with E-state index < -0.39 is 6.04 Å². The number of nitrogens with one attached hydrogen (secondary N) is 2. The van der Waals surface area contributed by atoms with Crippen LogP contribution >= 0.6 is 11.6 Å². The minimum Gasteiger partial charge on any atom is -0.350 e. The number of amides is 4. The fraction of sp³-hybridized carbons (Fsp3) is 0.500. The van der Waals surface area contributed by atoms with Crippen molar-refractivity contribution in [1.29, 1.82) is 0 Å². The number of benzene rings is 1. The summed E-state index contributed by atoms with van der Waals surface area (Å²) in [6.07, 6.45) is 3.61. The highest BCUT2D eigenvalue weighted by Gasteiger charge is 2.35. The summed E-state index contributed by atoms with van der Waals surface area (Å²) in [5.41, 5.74) is 1.41. The molecule has 0 spiro atoms. The van der Waals surface area contributed by atoms with Gasteiger partial charge in [0.2, 0.25) is 24.1 Å². The van der Waals surface area contributed by atoms with Crippen molar-refractivity contribution >= 4 is 35.7 Å². The number of likely N-dealkylation sites (tertiary alicyclic amines) is 1. The summed E-state index contributed by atoms with van der Waals surface area (Å²) in [5.74, 6) is -0.596. The first kappa shape index (κ1) is 26.4. The highest BCUT2D eigenvalue weighted by Crippen LogP contribution is 2.22. The second-order valence-corrected chi connectivity index (χ2v) is 9.02. The molecule has 2 atom stereocenters. The largest absolute Gasteiger partial charge is 0.350 e. The quantitative estimate of drug-likeness (QED) is 0.399. The molecule has 9 heteroatoms. The Labute approximate surface area is 200 Å². The summed E-state index contributed by atoms with van der Waals surface area (Å²) >= 11 is 5.90. The molecular weight excluding hydrogens is 444 g/mol. The van der Waals surface area contributed by atoms with Gasteiger partial charge in [0, 0.05) is 30.7 Å². The number of halogens is 1. The number of likely N-dealkylation sites (N-methyl/N-ethyl adjacent to an activating group) is 1. The summed E-state index contributed by atoms with van der Waals surface area (Å²) in [5, 5.41) is 5.91. The molecule has 180 valence electrons. The zero-order valence-corrected chi connectivity index (χ0v) is 20.4. The molecule has 1 aliphatic rings. The lowest BCUT2D eigenvalue weighted by Crippen LogP contribution is -2.47. The smallest absolute Gasteiger partial charge is 0.249 e. The Morgan fingerprint density at radius 1 is 1.24 bits per heavy atom. The van der Waals surface area contributed by atoms with Gasteiger partial charge in [0.1, 0.15) is 6.04 Å². The standard InChI is InChI=1S/C24H33ClN4O4/c1-16(2)21(28(4)22(31)14-26-15-30)12-17(3)24(33)29-11-5-6-20(29)23(32)27-13-18-7-9-19(25)10-8-18/h7-10,12,15-16,20-21H,5-6,11,13-14H2,1-4H3,(H,26,30)(H,27,32)/b17-12+/t20?,21-/m1/s1. The molecule has 1 aromatic carbocycles. The van der Waals surface area contributed by atoms with Crippen molar-refractivity contribution in [3.63, 3.8) is 0 Å². The van der Waals surface area contributed by atoms with Crippen LogP contribution in [-0.2, 0) is 25.7 Å². The maximum Gasteiger partial charge on any atom is 0.249 e. The van der Waals surface area contributed by atoms with Gasteiger partial charge < -0.3 is 20.4 Å². The SMILES string of the molecule is C/C(=C\[C@H](C(C)C)N(C)C(=O)CNC=O)C(=O)N1CCCC1C(=O)NCc1ccc(Cl)cc1. The Balaban J connectivity index is 2.07. The van der Waals surface area contributed by atoms with Crippen LogP contribution in [0.25, 0.3) is 0 Å². The number of hydrogen-bond acceptors (Lipinski definition) is 4. The van der Waals surface area contributed by atoms with Gasteiger partial charge in [-0.3, -0.25) is 19.2 Å². The predicted octanol–water partition coefficient (Wildman–Crippen LogP) is 2.12. The van der Waals surface area contributed by atoms with Crippen LogP contribution in [0.3, 0.4) is 0 Å². The maximum absolute atomic E-state index is 13.2. The summed E-state index contributed by atoms with van der Waals surface area (Å²) in [4.78, 5) is 52.0. The van der Waals surface area contributed by atoms with E-state index in [1.807, 2.05) is 26.0 Å². The number of rotatable bonds is 10. The fourth-order valence-electron chi connectivity index (χ4n) is 3.92. The molecule has 2 rings (SSSR count). The normalized spacial score (nSPS) is 17.0. The van der Waals surface area contributed by atoms with Crippen LogP contribution in [0.2, 0.25) is 5.02 Å². The number of hydrogen-bond donors (Lipinski definition) is 2. The molecule has 1 aromatic rings. The Hall–Kier alpha value is -2.87. The van der Waals surface area contributed by atoms with Gasteiger partial charge >= 0.3 is 0 Å². The van der Waals surface area contributed by atoms with Crippen molar-refractivity contribution in [2.45, 2.75) is 52.2 Å². The molecule has 1 unspecified atom stereocenters. The Bertz CT molecular complexity index is 885. The van der Waals surface area contributed by atoms with Crippen LogP contribution in [0, 0.1) is 5.92 Å². The first-order chi connectivity index (χ1) is 15.6. The van der Waals surface area contributed by atoms with Crippen LogP contribution in [0.5, 0.6) is 0 Å². The second kappa shape index (κ2) is 12.4. The van der Waals surface area contributed by atoms with Crippen molar-refractivity contribution < 1.29 is 19.2 Å². The number of nitrogens with zero attached hydrogens (tertiary/aromatic N) is 2. The van der Waals surface area contributed by atoms with Gasteiger partial charge in [-0.15, -0.1) is 0 Å². The van der Waals surface area contributed by atoms with Crippen LogP contribution in [0.4, 0.5) is 0 Å². The van der Waals surface area contributed by atoms with Gasteiger partial charge in [-0.25, -0.2) is 0 Å². The van der Waals surface area contributed by atoms with E-state index in [9.17, 15) is 19.2 Å². The summed E-state index contributed by atoms with van der Waals surface area (Å²) < 4.78 is 0. The lowest BCUT2D eigenvalue weighted by Gasteiger charge is -2.30. The molecule has 33 heavy (non-hydrogen) atoms. The van der Waals surface area contributed by atoms with E-state index in [0.717, 1.165) is 12.0 Å². The summed E-state index contributed by atoms with van der Waals surface area (Å²) in [6, 6.07) is 6.38. The minimum atomic E-state index is -0.526. The lowest BCUT2D eigenvalue weighted by molar-refractivity contribution is -0.135. The summed E-state index contributed by atoms with van der Waals surface area (Å²) in [6.45, 7) is 6.39. The monoisotopic (exact) mass is 476 g/mol. The highest BCUT2D eigenvalue weighted by atomic mass is 35.5. The first-order valence-electron chi connectivity index (χ1n) is 11.1. The molecule has 0 radical (unpaired) electrons. The van der Waals surface area contributed by atoms with Crippen molar-refractivity contribution in [1.82, 2.24) is 20.4 Å². The number of carbonyl (C=O) groups excluding carboxylic acids is 4. The molecular formula is C24H33ClN4O4. The molecule has 0 saturated carbocycles. The third-order valence-electron chi connectivity index (χ3n) is 5.81. The zero-order chi connectivity index (χ0) is 24.5. The lowest BCUT2D eigenvalue weighted by atomic mass is 9.99. The van der Waals surface area contributed by atoms with E-state index in [-0.39, 0.29) is 36.2 Å². The first-order valence-corrected chi connectivity index (χ1v) is 11.5. The molecule has 1 aliphatic heterocycles. The van der Waals surface area contributed by atoms with Crippen LogP contribution in [0.1, 0.15) is 39.2 Å². The highest BCUT2D eigenvalue weighted by molar-refractivity contribution is 6.30. The van der Waals surface area contributed by atoms with E-state index in [4.69, 9.17) is 11.6 Å². The van der Waals surface area contributed by atoms with E-state index in [0.29, 0.717) is 36.5 Å². The third kappa shape index (κ3) is 7.32. The third-order valence-corrected chi connectivity index (χ3v) is 6.07. The van der Waals surface area contributed by atoms with Gasteiger partial charge in [0.25, 0.3) is 0 Å². The van der Waals surface area contributed by atoms with Gasteiger partial charge in [0.15, 0.2) is 0 Å². The van der Waals surface area contributed by atoms with E-state index in [1.165, 1.54) is 4.90 Å². The molecule has 8 nitrogen and oxygen atoms in total. The molecule has 0 bridgehead atoms. The average Bonchev–Trinajstić information content (AvgIpc) is 3.29. The van der Waals surface area contributed by atoms with Gasteiger partial charge in [-0.05, 0) is 43.4 Å². The molecule has 0 aliphatic carbocycles.